The molecule has 234 valence electrons. The van der Waals surface area contributed by atoms with Crippen LogP contribution < -0.4 is 5.06 Å². The maximum atomic E-state index is 11.3. The fraction of sp³-hybridized carbons (Fsp3) is 0.594. The van der Waals surface area contributed by atoms with E-state index in [0.29, 0.717) is 6.61 Å². The predicted molar refractivity (Wildman–Crippen MR) is 175 cm³/mol. The summed E-state index contributed by atoms with van der Waals surface area (Å²) in [5.74, 6) is -0.0221. The third-order valence-electron chi connectivity index (χ3n) is 8.55. The highest BCUT2D eigenvalue weighted by molar-refractivity contribution is 7.79. The minimum Gasteiger partial charge on any atom is -0.772 e. The number of methoxy groups -OCH3 is 1. The number of hydroxylamine groups is 1. The first kappa shape index (κ1) is 34.4. The summed E-state index contributed by atoms with van der Waals surface area (Å²) in [7, 11) is 1.33. The number of rotatable bonds is 14. The second-order valence-corrected chi connectivity index (χ2v) is 19.1. The molecule has 0 aliphatic heterocycles. The molecule has 3 rings (SSSR count). The highest BCUT2D eigenvalue weighted by atomic mass is 32.2. The van der Waals surface area contributed by atoms with Crippen molar-refractivity contribution in [1.29, 1.82) is 0 Å². The Hall–Kier alpha value is -2.08. The maximum Gasteiger partial charge on any atom is 0.192 e. The van der Waals surface area contributed by atoms with E-state index in [4.69, 9.17) is 19.0 Å². The molecule has 3 aromatic rings. The van der Waals surface area contributed by atoms with Crippen molar-refractivity contribution in [1.82, 2.24) is 9.55 Å². The molecule has 42 heavy (non-hydrogen) atoms. The van der Waals surface area contributed by atoms with Crippen LogP contribution in [0, 0.1) is 5.41 Å². The van der Waals surface area contributed by atoms with Gasteiger partial charge in [-0.2, -0.15) is 0 Å². The van der Waals surface area contributed by atoms with Gasteiger partial charge in [-0.15, -0.1) is 0 Å². The molecule has 0 spiro atoms. The quantitative estimate of drug-likeness (QED) is 0.107. The normalized spacial score (nSPS) is 14.4. The van der Waals surface area contributed by atoms with Crippen molar-refractivity contribution in [2.45, 2.75) is 85.7 Å². The van der Waals surface area contributed by atoms with Crippen LogP contribution in [0.1, 0.15) is 65.8 Å². The molecule has 2 atom stereocenters. The molecule has 0 aliphatic carbocycles. The van der Waals surface area contributed by atoms with Gasteiger partial charge in [0.05, 0.1) is 36.8 Å². The molecule has 10 heteroatoms. The Kier molecular flexibility index (Phi) is 11.2. The van der Waals surface area contributed by atoms with Gasteiger partial charge in [0, 0.05) is 48.7 Å². The Morgan fingerprint density at radius 2 is 1.83 bits per heavy atom. The van der Waals surface area contributed by atoms with E-state index in [1.165, 1.54) is 5.56 Å². The lowest BCUT2D eigenvalue weighted by Gasteiger charge is -2.39. The second-order valence-electron chi connectivity index (χ2n) is 13.3. The van der Waals surface area contributed by atoms with Crippen LogP contribution in [0.15, 0.2) is 36.5 Å². The smallest absolute Gasteiger partial charge is 0.192 e. The Morgan fingerprint density at radius 3 is 2.40 bits per heavy atom. The monoisotopic (exact) mass is 616 g/mol. The molecule has 0 radical (unpaired) electrons. The lowest BCUT2D eigenvalue weighted by molar-refractivity contribution is 0.116. The lowest BCUT2D eigenvalue weighted by Crippen LogP contribution is -2.43. The third kappa shape index (κ3) is 7.70. The van der Waals surface area contributed by atoms with Crippen LogP contribution in [0.25, 0.3) is 22.2 Å². The molecule has 0 amide bonds. The number of hydrogen-bond acceptors (Lipinski definition) is 7. The Balaban J connectivity index is 2.25. The maximum absolute atomic E-state index is 11.3. The highest BCUT2D eigenvalue weighted by Gasteiger charge is 2.39. The van der Waals surface area contributed by atoms with Crippen molar-refractivity contribution in [3.63, 3.8) is 0 Å². The first-order chi connectivity index (χ1) is 19.6. The zero-order valence-corrected chi connectivity index (χ0v) is 29.2. The van der Waals surface area contributed by atoms with Gasteiger partial charge in [-0.1, -0.05) is 45.7 Å². The summed E-state index contributed by atoms with van der Waals surface area (Å²) < 4.78 is 37.5. The standard InChI is InChI=1S/C32H51N3O5SSi/c1-12-34-28-16-15-24(35(39-9)18-19-41(36)37)20-26(28)27(21-32(6,7)22-40-42(10,11)31(3,4)5)30(34)25-14-13-17-33-29(25)23(2)38-8/h13-17,20,23H,12,18-19,21-22H2,1-11H3,(H,36,37)/p-1/t23-/m0/s1. The van der Waals surface area contributed by atoms with E-state index in [1.54, 1.807) is 19.3 Å². The second kappa shape index (κ2) is 13.7. The lowest BCUT2D eigenvalue weighted by atomic mass is 9.84. The molecule has 1 unspecified atom stereocenters. The molecule has 0 fully saturated rings. The third-order valence-corrected chi connectivity index (χ3v) is 13.5. The molecule has 1 aromatic carbocycles. The van der Waals surface area contributed by atoms with E-state index in [-0.39, 0.29) is 28.9 Å². The summed E-state index contributed by atoms with van der Waals surface area (Å²) in [6.45, 7) is 21.8. The topological polar surface area (TPSA) is 88.9 Å². The van der Waals surface area contributed by atoms with E-state index in [9.17, 15) is 8.76 Å². The fourth-order valence-corrected chi connectivity index (χ4v) is 6.54. The number of aryl methyl sites for hydroxylation is 1. The molecule has 0 saturated heterocycles. The van der Waals surface area contributed by atoms with E-state index in [2.05, 4.69) is 77.4 Å². The van der Waals surface area contributed by atoms with Gasteiger partial charge in [-0.3, -0.25) is 19.1 Å². The Bertz CT molecular complexity index is 1380. The number of benzene rings is 1. The molecule has 2 heterocycles. The fourth-order valence-electron chi connectivity index (χ4n) is 5.04. The SMILES string of the molecule is CCn1c(-c2cccnc2[C@H](C)OC)c(CC(C)(C)CO[Si](C)(C)C(C)(C)C)c2cc(N(CCS(=O)[O-])OC)ccc21. The van der Waals surface area contributed by atoms with Crippen molar-refractivity contribution in [2.75, 3.05) is 38.2 Å². The van der Waals surface area contributed by atoms with E-state index in [0.717, 1.165) is 46.5 Å². The molecule has 0 bridgehead atoms. The summed E-state index contributed by atoms with van der Waals surface area (Å²) in [6, 6.07) is 10.3. The van der Waals surface area contributed by atoms with Gasteiger partial charge in [0.2, 0.25) is 0 Å². The first-order valence-corrected chi connectivity index (χ1v) is 18.9. The van der Waals surface area contributed by atoms with Gasteiger partial charge in [-0.05, 0) is 79.7 Å². The van der Waals surface area contributed by atoms with Gasteiger partial charge >= 0.3 is 0 Å². The van der Waals surface area contributed by atoms with Gasteiger partial charge in [0.15, 0.2) is 8.32 Å². The number of pyridine rings is 1. The van der Waals surface area contributed by atoms with Gasteiger partial charge < -0.3 is 18.3 Å². The zero-order chi connectivity index (χ0) is 31.5. The van der Waals surface area contributed by atoms with Gasteiger partial charge in [-0.25, -0.2) is 0 Å². The number of anilines is 1. The van der Waals surface area contributed by atoms with Crippen LogP contribution in [-0.4, -0.2) is 59.8 Å². The molecule has 8 nitrogen and oxygen atoms in total. The summed E-state index contributed by atoms with van der Waals surface area (Å²) in [6.07, 6.45) is 2.41. The van der Waals surface area contributed by atoms with Crippen LogP contribution >= 0.6 is 0 Å². The number of aromatic nitrogens is 2. The van der Waals surface area contributed by atoms with Crippen LogP contribution in [0.4, 0.5) is 5.69 Å². The Morgan fingerprint density at radius 1 is 1.14 bits per heavy atom. The Labute approximate surface area is 256 Å². The zero-order valence-electron chi connectivity index (χ0n) is 27.4. The summed E-state index contributed by atoms with van der Waals surface area (Å²) in [5, 5.41) is 2.87. The highest BCUT2D eigenvalue weighted by Crippen LogP contribution is 2.43. The summed E-state index contributed by atoms with van der Waals surface area (Å²) in [4.78, 5) is 10.4. The minimum atomic E-state index is -2.16. The largest absolute Gasteiger partial charge is 0.772 e. The number of nitrogens with zero attached hydrogens (tertiary/aromatic N) is 3. The number of ether oxygens (including phenoxy) is 1. The predicted octanol–water partition coefficient (Wildman–Crippen LogP) is 7.27. The molecule has 2 aromatic heterocycles. The van der Waals surface area contributed by atoms with E-state index < -0.39 is 19.4 Å². The molecule has 0 aliphatic rings. The van der Waals surface area contributed by atoms with Gasteiger partial charge in [0.25, 0.3) is 0 Å². The van der Waals surface area contributed by atoms with E-state index >= 15 is 0 Å². The molecular formula is C32H50N3O5SSi-. The van der Waals surface area contributed by atoms with Crippen LogP contribution in [-0.2, 0) is 38.0 Å². The molecule has 0 N–H and O–H groups in total. The van der Waals surface area contributed by atoms with Crippen molar-refractivity contribution >= 4 is 36.0 Å². The summed E-state index contributed by atoms with van der Waals surface area (Å²) in [5.41, 5.74) is 6.03. The number of fused-ring (bicyclic) bond motifs is 1. The first-order valence-electron chi connectivity index (χ1n) is 14.7. The molecular weight excluding hydrogens is 567 g/mol. The van der Waals surface area contributed by atoms with Crippen LogP contribution in [0.3, 0.4) is 0 Å². The van der Waals surface area contributed by atoms with Crippen molar-refractivity contribution in [3.8, 4) is 11.3 Å². The summed E-state index contributed by atoms with van der Waals surface area (Å²) >= 11 is -2.16. The van der Waals surface area contributed by atoms with E-state index in [1.807, 2.05) is 25.3 Å². The minimum absolute atomic E-state index is 0.0221. The van der Waals surface area contributed by atoms with Crippen molar-refractivity contribution in [2.24, 2.45) is 5.41 Å². The number of hydrogen-bond donors (Lipinski definition) is 0. The van der Waals surface area contributed by atoms with Gasteiger partial charge in [0.1, 0.15) is 0 Å². The van der Waals surface area contributed by atoms with Crippen molar-refractivity contribution in [3.05, 3.63) is 47.8 Å². The molecule has 0 saturated carbocycles. The van der Waals surface area contributed by atoms with Crippen molar-refractivity contribution < 1.29 is 22.8 Å². The van der Waals surface area contributed by atoms with Crippen LogP contribution in [0.5, 0.6) is 0 Å². The average Bonchev–Trinajstić information content (AvgIpc) is 3.23. The van der Waals surface area contributed by atoms with Crippen LogP contribution in [0.2, 0.25) is 18.1 Å². The average molecular weight is 617 g/mol.